The first-order valence-electron chi connectivity index (χ1n) is 10.0. The van der Waals surface area contributed by atoms with E-state index in [4.69, 9.17) is 14.2 Å². The minimum Gasteiger partial charge on any atom is -0.463 e. The Kier molecular flexibility index (Phi) is 4.47. The van der Waals surface area contributed by atoms with Crippen molar-refractivity contribution in [1.29, 1.82) is 0 Å². The smallest absolute Gasteiger partial charge is 0.342 e. The highest BCUT2D eigenvalue weighted by atomic mass is 16.6. The lowest BCUT2D eigenvalue weighted by Gasteiger charge is -2.64. The number of hydrogen-bond acceptors (Lipinski definition) is 9. The van der Waals surface area contributed by atoms with Crippen LogP contribution in [-0.4, -0.2) is 69.3 Å². The molecule has 9 heteroatoms. The van der Waals surface area contributed by atoms with Crippen molar-refractivity contribution in [3.8, 4) is 0 Å². The summed E-state index contributed by atoms with van der Waals surface area (Å²) in [5, 5.41) is 34.5. The van der Waals surface area contributed by atoms with Gasteiger partial charge in [0.15, 0.2) is 6.10 Å². The van der Waals surface area contributed by atoms with Gasteiger partial charge < -0.3 is 29.5 Å². The minimum atomic E-state index is -2.34. The fourth-order valence-electron chi connectivity index (χ4n) is 6.29. The molecule has 9 nitrogen and oxygen atoms in total. The van der Waals surface area contributed by atoms with E-state index in [1.54, 1.807) is 26.0 Å². The van der Waals surface area contributed by atoms with Crippen molar-refractivity contribution in [3.63, 3.8) is 0 Å². The number of allylic oxidation sites excluding steroid dienone is 3. The molecule has 2 saturated carbocycles. The summed E-state index contributed by atoms with van der Waals surface area (Å²) in [4.78, 5) is 37.5. The topological polar surface area (TPSA) is 140 Å². The van der Waals surface area contributed by atoms with E-state index in [1.165, 1.54) is 19.1 Å². The summed E-state index contributed by atoms with van der Waals surface area (Å²) in [6, 6.07) is 0. The zero-order valence-corrected chi connectivity index (χ0v) is 17.0. The van der Waals surface area contributed by atoms with Gasteiger partial charge in [0.2, 0.25) is 5.60 Å². The Morgan fingerprint density at radius 1 is 1.27 bits per heavy atom. The molecule has 0 radical (unpaired) electrons. The number of carbonyl (C=O) groups is 3. The molecule has 164 valence electrons. The van der Waals surface area contributed by atoms with E-state index in [9.17, 15) is 29.7 Å². The van der Waals surface area contributed by atoms with Crippen LogP contribution in [0.3, 0.4) is 0 Å². The van der Waals surface area contributed by atoms with Crippen LogP contribution in [0.2, 0.25) is 0 Å². The second-order valence-corrected chi connectivity index (χ2v) is 8.96. The zero-order chi connectivity index (χ0) is 22.1. The summed E-state index contributed by atoms with van der Waals surface area (Å²) in [7, 11) is 0. The molecule has 30 heavy (non-hydrogen) atoms. The predicted octanol–water partition coefficient (Wildman–Crippen LogP) is -0.228. The molecule has 2 bridgehead atoms. The quantitative estimate of drug-likeness (QED) is 0.244. The summed E-state index contributed by atoms with van der Waals surface area (Å²) in [6.45, 7) is 4.58. The second-order valence-electron chi connectivity index (χ2n) is 8.96. The van der Waals surface area contributed by atoms with Crippen LogP contribution < -0.4 is 0 Å². The van der Waals surface area contributed by atoms with Gasteiger partial charge in [-0.1, -0.05) is 25.2 Å². The first kappa shape index (κ1) is 21.0. The number of ether oxygens (including phenoxy) is 3. The lowest BCUT2D eigenvalue weighted by Crippen LogP contribution is -2.82. The number of fused-ring (bicyclic) bond motifs is 4. The van der Waals surface area contributed by atoms with Crippen molar-refractivity contribution in [2.45, 2.75) is 63.1 Å². The van der Waals surface area contributed by atoms with E-state index in [-0.39, 0.29) is 19.4 Å². The number of esters is 3. The van der Waals surface area contributed by atoms with Crippen molar-refractivity contribution in [3.05, 3.63) is 24.3 Å². The first-order chi connectivity index (χ1) is 14.0. The number of aliphatic hydroxyl groups is 3. The van der Waals surface area contributed by atoms with Crippen LogP contribution in [-0.2, 0) is 28.6 Å². The van der Waals surface area contributed by atoms with Crippen LogP contribution in [0, 0.1) is 16.7 Å². The minimum absolute atomic E-state index is 0.122. The fourth-order valence-corrected chi connectivity index (χ4v) is 6.29. The third-order valence-corrected chi connectivity index (χ3v) is 7.86. The Morgan fingerprint density at radius 3 is 2.63 bits per heavy atom. The van der Waals surface area contributed by atoms with E-state index >= 15 is 0 Å². The second kappa shape index (κ2) is 6.38. The molecule has 3 N–H and O–H groups in total. The number of hydrogen-bond donors (Lipinski definition) is 3. The molecule has 2 saturated heterocycles. The summed E-state index contributed by atoms with van der Waals surface area (Å²) < 4.78 is 15.9. The summed E-state index contributed by atoms with van der Waals surface area (Å²) >= 11 is 0. The van der Waals surface area contributed by atoms with Gasteiger partial charge in [0.25, 0.3) is 0 Å². The molecule has 4 rings (SSSR count). The van der Waals surface area contributed by atoms with Crippen molar-refractivity contribution in [1.82, 2.24) is 0 Å². The number of cyclic esters (lactones) is 1. The van der Waals surface area contributed by atoms with Crippen LogP contribution in [0.4, 0.5) is 0 Å². The lowest BCUT2D eigenvalue weighted by molar-refractivity contribution is -0.334. The van der Waals surface area contributed by atoms with E-state index in [0.717, 1.165) is 0 Å². The fraction of sp³-hybridized carbons (Fsp3) is 0.667. The van der Waals surface area contributed by atoms with E-state index in [2.05, 4.69) is 0 Å². The molecule has 8 atom stereocenters. The number of carbonyl (C=O) groups excluding carboxylic acids is 3. The van der Waals surface area contributed by atoms with Crippen molar-refractivity contribution in [2.75, 3.05) is 6.61 Å². The Labute approximate surface area is 173 Å². The molecule has 0 aromatic rings. The van der Waals surface area contributed by atoms with Crippen LogP contribution in [0.15, 0.2) is 24.3 Å². The first-order valence-corrected chi connectivity index (χ1v) is 10.0. The molecule has 2 aliphatic carbocycles. The Morgan fingerprint density at radius 2 is 1.97 bits per heavy atom. The van der Waals surface area contributed by atoms with Crippen molar-refractivity contribution >= 4 is 17.9 Å². The maximum absolute atomic E-state index is 12.6. The molecule has 2 aliphatic heterocycles. The average Bonchev–Trinajstić information content (AvgIpc) is 3.06. The van der Waals surface area contributed by atoms with Crippen LogP contribution >= 0.6 is 0 Å². The van der Waals surface area contributed by atoms with Gasteiger partial charge in [-0.15, -0.1) is 0 Å². The van der Waals surface area contributed by atoms with Gasteiger partial charge in [-0.25, -0.2) is 14.4 Å². The molecule has 4 aliphatic rings. The van der Waals surface area contributed by atoms with E-state index < -0.39 is 64.2 Å². The zero-order valence-electron chi connectivity index (χ0n) is 17.0. The van der Waals surface area contributed by atoms with E-state index in [0.29, 0.717) is 0 Å². The molecule has 2 heterocycles. The van der Waals surface area contributed by atoms with Gasteiger partial charge in [0.05, 0.1) is 5.41 Å². The Bertz CT molecular complexity index is 865. The molecule has 4 fully saturated rings. The van der Waals surface area contributed by atoms with Gasteiger partial charge >= 0.3 is 17.9 Å². The molecule has 0 aromatic heterocycles. The number of aliphatic hydroxyl groups excluding tert-OH is 1. The molecule has 1 spiro atoms. The normalized spacial score (nSPS) is 49.7. The highest BCUT2D eigenvalue weighted by Crippen LogP contribution is 2.72. The van der Waals surface area contributed by atoms with Crippen molar-refractivity contribution < 1.29 is 43.9 Å². The summed E-state index contributed by atoms with van der Waals surface area (Å²) in [5.74, 6) is -3.27. The predicted molar refractivity (Wildman–Crippen MR) is 99.5 cm³/mol. The third-order valence-electron chi connectivity index (χ3n) is 7.86. The largest absolute Gasteiger partial charge is 0.463 e. The van der Waals surface area contributed by atoms with Crippen LogP contribution in [0.1, 0.15) is 33.6 Å². The van der Waals surface area contributed by atoms with E-state index in [1.807, 2.05) is 0 Å². The summed E-state index contributed by atoms with van der Waals surface area (Å²) in [6.07, 6.45) is 1.77. The van der Waals surface area contributed by atoms with Gasteiger partial charge in [-0.3, -0.25) is 0 Å². The van der Waals surface area contributed by atoms with Gasteiger partial charge in [-0.2, -0.15) is 0 Å². The molecular formula is C21H26O9. The lowest BCUT2D eigenvalue weighted by atomic mass is 9.44. The molecule has 0 unspecified atom stereocenters. The maximum atomic E-state index is 12.6. The van der Waals surface area contributed by atoms with Crippen LogP contribution in [0.25, 0.3) is 0 Å². The summed E-state index contributed by atoms with van der Waals surface area (Å²) in [5.41, 5.74) is -7.64. The van der Waals surface area contributed by atoms with Gasteiger partial charge in [0.1, 0.15) is 24.4 Å². The Balaban J connectivity index is 1.86. The monoisotopic (exact) mass is 422 g/mol. The molecular weight excluding hydrogens is 396 g/mol. The van der Waals surface area contributed by atoms with Crippen molar-refractivity contribution in [2.24, 2.45) is 16.7 Å². The number of rotatable bonds is 3. The van der Waals surface area contributed by atoms with Gasteiger partial charge in [-0.05, 0) is 32.6 Å². The molecule has 0 amide bonds. The maximum Gasteiger partial charge on any atom is 0.342 e. The highest BCUT2D eigenvalue weighted by molar-refractivity contribution is 5.88. The average molecular weight is 422 g/mol. The third kappa shape index (κ3) is 2.10. The molecule has 0 aromatic carbocycles. The van der Waals surface area contributed by atoms with Gasteiger partial charge in [0, 0.05) is 11.5 Å². The van der Waals surface area contributed by atoms with Crippen LogP contribution in [0.5, 0.6) is 0 Å². The Hall–Kier alpha value is -2.23. The highest BCUT2D eigenvalue weighted by Gasteiger charge is 2.88. The SMILES string of the molecule is C/C=C/C=C/C(=O)O[C@@H]1C[C@@H](C)[C@@]23C[C@@H](OC(=O)[C@@H]2O)[C@@]2(O)C(=O)OC[C@@]2(C)[C@@]13O. The standard InChI is InChI=1S/C21H26O9/c1-4-5-6-7-14(22)29-12-8-11(2)19-9-13(30-16(24)15(19)23)20(26)17(25)28-10-18(20,3)21(12,19)27/h4-7,11-13,15,23,26-27H,8-10H2,1-3H3/b5-4+,7-6+/t11-,12-,13-,15+,18-,19+,20-,21+/m1/s1.